The molecule has 1 atom stereocenters. The van der Waals surface area contributed by atoms with Crippen molar-refractivity contribution in [2.24, 2.45) is 0 Å². The zero-order valence-corrected chi connectivity index (χ0v) is 13.1. The van der Waals surface area contributed by atoms with Crippen LogP contribution in [0.2, 0.25) is 0 Å². The predicted octanol–water partition coefficient (Wildman–Crippen LogP) is 1.63. The van der Waals surface area contributed by atoms with Crippen molar-refractivity contribution < 1.29 is 21.6 Å². The van der Waals surface area contributed by atoms with E-state index >= 15 is 0 Å². The molecule has 1 heterocycles. The van der Waals surface area contributed by atoms with Crippen LogP contribution in [0.3, 0.4) is 0 Å². The Hall–Kier alpha value is -0.380. The monoisotopic (exact) mass is 331 g/mol. The molecular weight excluding hydrogens is 307 g/mol. The van der Waals surface area contributed by atoms with Crippen LogP contribution < -0.4 is 10.0 Å². The van der Waals surface area contributed by atoms with Crippen molar-refractivity contribution in [3.63, 3.8) is 0 Å². The van der Waals surface area contributed by atoms with E-state index in [-0.39, 0.29) is 19.0 Å². The summed E-state index contributed by atoms with van der Waals surface area (Å²) in [5.74, 6) is 0. The number of rotatable bonds is 8. The largest absolute Gasteiger partial charge is 0.389 e. The lowest BCUT2D eigenvalue weighted by atomic mass is 10.1. The van der Waals surface area contributed by atoms with Gasteiger partial charge in [-0.3, -0.25) is 0 Å². The molecule has 126 valence electrons. The molecule has 0 aliphatic carbocycles. The average molecular weight is 331 g/mol. The molecule has 1 fully saturated rings. The fourth-order valence-electron chi connectivity index (χ4n) is 2.38. The summed E-state index contributed by atoms with van der Waals surface area (Å²) in [5, 5.41) is 3.12. The summed E-state index contributed by atoms with van der Waals surface area (Å²) >= 11 is 0. The van der Waals surface area contributed by atoms with Gasteiger partial charge >= 0.3 is 6.18 Å². The molecule has 0 aromatic heterocycles. The molecule has 1 unspecified atom stereocenters. The SMILES string of the molecule is CCNCC1CCCCN1S(=O)(=O)NCCCC(F)(F)F. The van der Waals surface area contributed by atoms with Gasteiger partial charge in [0.2, 0.25) is 0 Å². The molecule has 1 rings (SSSR count). The molecule has 2 N–H and O–H groups in total. The molecule has 0 radical (unpaired) electrons. The van der Waals surface area contributed by atoms with Crippen molar-refractivity contribution in [1.82, 2.24) is 14.3 Å². The fourth-order valence-corrected chi connectivity index (χ4v) is 3.89. The smallest absolute Gasteiger partial charge is 0.315 e. The van der Waals surface area contributed by atoms with Gasteiger partial charge in [-0.1, -0.05) is 13.3 Å². The van der Waals surface area contributed by atoms with E-state index in [1.807, 2.05) is 6.92 Å². The highest BCUT2D eigenvalue weighted by Gasteiger charge is 2.32. The van der Waals surface area contributed by atoms with Gasteiger partial charge < -0.3 is 5.32 Å². The fraction of sp³-hybridized carbons (Fsp3) is 1.00. The number of nitrogens with one attached hydrogen (secondary N) is 2. The van der Waals surface area contributed by atoms with Gasteiger partial charge in [0, 0.05) is 32.1 Å². The molecular formula is C12H24F3N3O2S. The summed E-state index contributed by atoms with van der Waals surface area (Å²) in [6.45, 7) is 3.50. The number of alkyl halides is 3. The van der Waals surface area contributed by atoms with E-state index in [0.717, 1.165) is 25.8 Å². The van der Waals surface area contributed by atoms with E-state index in [4.69, 9.17) is 0 Å². The molecule has 0 aromatic carbocycles. The average Bonchev–Trinajstić information content (AvgIpc) is 2.41. The second-order valence-electron chi connectivity index (χ2n) is 5.19. The van der Waals surface area contributed by atoms with Crippen LogP contribution in [0.4, 0.5) is 13.2 Å². The van der Waals surface area contributed by atoms with Crippen LogP contribution in [-0.2, 0) is 10.2 Å². The summed E-state index contributed by atoms with van der Waals surface area (Å²) in [7, 11) is -3.70. The Balaban J connectivity index is 2.50. The summed E-state index contributed by atoms with van der Waals surface area (Å²) in [5.41, 5.74) is 0. The molecule has 0 amide bonds. The number of halogens is 3. The number of hydrogen-bond donors (Lipinski definition) is 2. The summed E-state index contributed by atoms with van der Waals surface area (Å²) in [6.07, 6.45) is -2.94. The van der Waals surface area contributed by atoms with Crippen LogP contribution >= 0.6 is 0 Å². The van der Waals surface area contributed by atoms with Crippen molar-refractivity contribution in [3.8, 4) is 0 Å². The maximum atomic E-state index is 12.2. The van der Waals surface area contributed by atoms with Gasteiger partial charge in [0.05, 0.1) is 0 Å². The van der Waals surface area contributed by atoms with Crippen molar-refractivity contribution >= 4 is 10.2 Å². The molecule has 1 saturated heterocycles. The zero-order valence-electron chi connectivity index (χ0n) is 12.2. The highest BCUT2D eigenvalue weighted by molar-refractivity contribution is 7.87. The molecule has 0 bridgehead atoms. The summed E-state index contributed by atoms with van der Waals surface area (Å²) in [6, 6.07) is -0.126. The predicted molar refractivity (Wildman–Crippen MR) is 75.1 cm³/mol. The summed E-state index contributed by atoms with van der Waals surface area (Å²) < 4.78 is 64.1. The maximum Gasteiger partial charge on any atom is 0.389 e. The van der Waals surface area contributed by atoms with Crippen molar-refractivity contribution in [1.29, 1.82) is 0 Å². The standard InChI is InChI=1S/C12H24F3N3O2S/c1-2-16-10-11-6-3-4-9-18(11)21(19,20)17-8-5-7-12(13,14)15/h11,16-17H,2-10H2,1H3. The third-order valence-corrected chi connectivity index (χ3v) is 5.10. The van der Waals surface area contributed by atoms with E-state index in [2.05, 4.69) is 10.0 Å². The first-order valence-electron chi connectivity index (χ1n) is 7.30. The lowest BCUT2D eigenvalue weighted by Crippen LogP contribution is -2.52. The highest BCUT2D eigenvalue weighted by Crippen LogP contribution is 2.22. The topological polar surface area (TPSA) is 61.4 Å². The number of likely N-dealkylation sites (N-methyl/N-ethyl adjacent to an activating group) is 1. The maximum absolute atomic E-state index is 12.2. The van der Waals surface area contributed by atoms with E-state index in [0.29, 0.717) is 13.1 Å². The minimum Gasteiger partial charge on any atom is -0.315 e. The Morgan fingerprint density at radius 3 is 2.62 bits per heavy atom. The Morgan fingerprint density at radius 2 is 2.00 bits per heavy atom. The van der Waals surface area contributed by atoms with E-state index in [9.17, 15) is 21.6 Å². The normalized spacial score (nSPS) is 21.6. The van der Waals surface area contributed by atoms with E-state index < -0.39 is 22.8 Å². The lowest BCUT2D eigenvalue weighted by Gasteiger charge is -2.34. The number of piperidine rings is 1. The Labute approximate surface area is 124 Å². The molecule has 21 heavy (non-hydrogen) atoms. The van der Waals surface area contributed by atoms with Crippen LogP contribution in [0.1, 0.15) is 39.0 Å². The molecule has 5 nitrogen and oxygen atoms in total. The van der Waals surface area contributed by atoms with Gasteiger partial charge in [0.1, 0.15) is 0 Å². The van der Waals surface area contributed by atoms with Gasteiger partial charge in [0.25, 0.3) is 10.2 Å². The highest BCUT2D eigenvalue weighted by atomic mass is 32.2. The second-order valence-corrected chi connectivity index (χ2v) is 6.89. The molecule has 0 saturated carbocycles. The molecule has 0 spiro atoms. The summed E-state index contributed by atoms with van der Waals surface area (Å²) in [4.78, 5) is 0. The van der Waals surface area contributed by atoms with Crippen LogP contribution in [0.5, 0.6) is 0 Å². The Morgan fingerprint density at radius 1 is 1.29 bits per heavy atom. The van der Waals surface area contributed by atoms with Crippen LogP contribution in [-0.4, -0.2) is 51.1 Å². The van der Waals surface area contributed by atoms with Crippen molar-refractivity contribution in [2.45, 2.75) is 51.2 Å². The minimum absolute atomic E-state index is 0.126. The first-order chi connectivity index (χ1) is 9.76. The van der Waals surface area contributed by atoms with Crippen LogP contribution in [0.25, 0.3) is 0 Å². The molecule has 1 aliphatic heterocycles. The van der Waals surface area contributed by atoms with Crippen molar-refractivity contribution in [2.75, 3.05) is 26.2 Å². The second kappa shape index (κ2) is 8.30. The van der Waals surface area contributed by atoms with Crippen LogP contribution in [0, 0.1) is 0 Å². The van der Waals surface area contributed by atoms with Gasteiger partial charge in [-0.2, -0.15) is 25.9 Å². The van der Waals surface area contributed by atoms with Gasteiger partial charge in [0.15, 0.2) is 0 Å². The quantitative estimate of drug-likeness (QED) is 0.665. The van der Waals surface area contributed by atoms with Gasteiger partial charge in [-0.05, 0) is 25.8 Å². The first-order valence-corrected chi connectivity index (χ1v) is 8.74. The first kappa shape index (κ1) is 18.7. The molecule has 0 aromatic rings. The number of nitrogens with zero attached hydrogens (tertiary/aromatic N) is 1. The van der Waals surface area contributed by atoms with E-state index in [1.54, 1.807) is 0 Å². The third-order valence-electron chi connectivity index (χ3n) is 3.43. The van der Waals surface area contributed by atoms with Crippen molar-refractivity contribution in [3.05, 3.63) is 0 Å². The van der Waals surface area contributed by atoms with Gasteiger partial charge in [-0.25, -0.2) is 4.72 Å². The molecule has 9 heteroatoms. The Bertz CT molecular complexity index is 401. The minimum atomic E-state index is -4.25. The Kier molecular flexibility index (Phi) is 7.38. The lowest BCUT2D eigenvalue weighted by molar-refractivity contribution is -0.135. The third kappa shape index (κ3) is 6.94. The number of hydrogen-bond acceptors (Lipinski definition) is 3. The van der Waals surface area contributed by atoms with Gasteiger partial charge in [-0.15, -0.1) is 0 Å². The molecule has 1 aliphatic rings. The van der Waals surface area contributed by atoms with E-state index in [1.165, 1.54) is 4.31 Å². The van der Waals surface area contributed by atoms with Crippen LogP contribution in [0.15, 0.2) is 0 Å². The zero-order chi connectivity index (χ0) is 15.9.